The lowest BCUT2D eigenvalue weighted by atomic mass is 9.80. The van der Waals surface area contributed by atoms with E-state index in [0.717, 1.165) is 0 Å². The number of ether oxygens (including phenoxy) is 1. The van der Waals surface area contributed by atoms with Crippen molar-refractivity contribution >= 4 is 18.0 Å². The molecule has 7 heteroatoms. The number of carbonyl (C=O) groups excluding carboxylic acids is 2. The van der Waals surface area contributed by atoms with Gasteiger partial charge >= 0.3 is 18.0 Å². The second kappa shape index (κ2) is 7.28. The molecule has 0 unspecified atom stereocenters. The van der Waals surface area contributed by atoms with Crippen molar-refractivity contribution in [2.45, 2.75) is 33.6 Å². The zero-order valence-electron chi connectivity index (χ0n) is 12.9. The highest BCUT2D eigenvalue weighted by Gasteiger charge is 2.38. The maximum atomic E-state index is 12.3. The van der Waals surface area contributed by atoms with Crippen molar-refractivity contribution in [2.75, 3.05) is 32.8 Å². The van der Waals surface area contributed by atoms with Gasteiger partial charge in [-0.15, -0.1) is 0 Å². The summed E-state index contributed by atoms with van der Waals surface area (Å²) < 4.78 is 4.85. The topological polar surface area (TPSA) is 87.2 Å². The van der Waals surface area contributed by atoms with E-state index in [2.05, 4.69) is 0 Å². The van der Waals surface area contributed by atoms with Gasteiger partial charge in [0.15, 0.2) is 0 Å². The lowest BCUT2D eigenvalue weighted by molar-refractivity contribution is -0.150. The van der Waals surface area contributed by atoms with Crippen LogP contribution in [0.15, 0.2) is 0 Å². The average Bonchev–Trinajstić information content (AvgIpc) is 2.45. The predicted molar refractivity (Wildman–Crippen MR) is 75.8 cm³/mol. The average molecular weight is 300 g/mol. The quantitative estimate of drug-likeness (QED) is 0.770. The molecule has 0 aliphatic carbocycles. The SMILES string of the molecule is CCOC(=O)CN(CC)C(=O)N1CCC(C)(C(=O)O)CC1. The number of hydrogen-bond donors (Lipinski definition) is 1. The van der Waals surface area contributed by atoms with Gasteiger partial charge in [-0.1, -0.05) is 0 Å². The van der Waals surface area contributed by atoms with E-state index in [4.69, 9.17) is 4.74 Å². The molecule has 0 aromatic rings. The summed E-state index contributed by atoms with van der Waals surface area (Å²) in [7, 11) is 0. The van der Waals surface area contributed by atoms with Gasteiger partial charge in [-0.2, -0.15) is 0 Å². The number of urea groups is 1. The standard InChI is InChI=1S/C14H24N2O5/c1-4-15(10-11(17)21-5-2)13(20)16-8-6-14(3,7-9-16)12(18)19/h4-10H2,1-3H3,(H,18,19). The van der Waals surface area contributed by atoms with Crippen molar-refractivity contribution in [1.29, 1.82) is 0 Å². The first-order chi connectivity index (χ1) is 9.84. The van der Waals surface area contributed by atoms with Crippen molar-refractivity contribution in [1.82, 2.24) is 9.80 Å². The monoisotopic (exact) mass is 300 g/mol. The molecule has 0 atom stereocenters. The second-order valence-corrected chi connectivity index (χ2v) is 5.45. The number of esters is 1. The predicted octanol–water partition coefficient (Wildman–Crippen LogP) is 1.18. The van der Waals surface area contributed by atoms with Crippen LogP contribution in [0.4, 0.5) is 4.79 Å². The van der Waals surface area contributed by atoms with Crippen molar-refractivity contribution in [2.24, 2.45) is 5.41 Å². The summed E-state index contributed by atoms with van der Waals surface area (Å²) in [6.45, 7) is 6.61. The van der Waals surface area contributed by atoms with Crippen LogP contribution in [0, 0.1) is 5.41 Å². The highest BCUT2D eigenvalue weighted by Crippen LogP contribution is 2.31. The Morgan fingerprint density at radius 3 is 2.24 bits per heavy atom. The van der Waals surface area contributed by atoms with Gasteiger partial charge in [0.2, 0.25) is 0 Å². The molecule has 1 saturated heterocycles. The molecule has 0 aromatic carbocycles. The molecule has 1 aliphatic heterocycles. The fourth-order valence-electron chi connectivity index (χ4n) is 2.28. The van der Waals surface area contributed by atoms with Gasteiger partial charge in [0.05, 0.1) is 12.0 Å². The molecule has 7 nitrogen and oxygen atoms in total. The van der Waals surface area contributed by atoms with Gasteiger partial charge in [-0.05, 0) is 33.6 Å². The molecule has 1 heterocycles. The molecular formula is C14H24N2O5. The van der Waals surface area contributed by atoms with Crippen molar-refractivity contribution in [3.63, 3.8) is 0 Å². The molecule has 0 spiro atoms. The number of carbonyl (C=O) groups is 3. The number of carboxylic acids is 1. The first kappa shape index (κ1) is 17.3. The maximum Gasteiger partial charge on any atom is 0.325 e. The third kappa shape index (κ3) is 4.34. The Morgan fingerprint density at radius 1 is 1.24 bits per heavy atom. The summed E-state index contributed by atoms with van der Waals surface area (Å²) in [6.07, 6.45) is 0.843. The highest BCUT2D eigenvalue weighted by molar-refractivity contribution is 5.81. The molecule has 1 rings (SSSR count). The zero-order chi connectivity index (χ0) is 16.0. The van der Waals surface area contributed by atoms with E-state index in [-0.39, 0.29) is 19.2 Å². The van der Waals surface area contributed by atoms with Crippen LogP contribution in [-0.2, 0) is 14.3 Å². The van der Waals surface area contributed by atoms with Crippen molar-refractivity contribution in [3.8, 4) is 0 Å². The number of hydrogen-bond acceptors (Lipinski definition) is 4. The largest absolute Gasteiger partial charge is 0.481 e. The van der Waals surface area contributed by atoms with E-state index in [0.29, 0.717) is 32.5 Å². The molecule has 1 fully saturated rings. The smallest absolute Gasteiger partial charge is 0.325 e. The molecule has 21 heavy (non-hydrogen) atoms. The zero-order valence-corrected chi connectivity index (χ0v) is 12.9. The molecule has 1 aliphatic rings. The maximum absolute atomic E-state index is 12.3. The summed E-state index contributed by atoms with van der Waals surface area (Å²) in [5.74, 6) is -1.26. The number of rotatable bonds is 5. The van der Waals surface area contributed by atoms with E-state index in [1.54, 1.807) is 25.7 Å². The van der Waals surface area contributed by atoms with Crippen LogP contribution in [0.3, 0.4) is 0 Å². The van der Waals surface area contributed by atoms with Crippen LogP contribution >= 0.6 is 0 Å². The van der Waals surface area contributed by atoms with Gasteiger partial charge in [-0.3, -0.25) is 9.59 Å². The fraction of sp³-hybridized carbons (Fsp3) is 0.786. The molecule has 2 amide bonds. The Bertz CT molecular complexity index is 402. The number of likely N-dealkylation sites (tertiary alicyclic amines) is 1. The molecule has 1 N–H and O–H groups in total. The van der Waals surface area contributed by atoms with E-state index in [1.807, 2.05) is 0 Å². The van der Waals surface area contributed by atoms with Crippen LogP contribution in [-0.4, -0.2) is 65.7 Å². The lowest BCUT2D eigenvalue weighted by Gasteiger charge is -2.38. The third-order valence-electron chi connectivity index (χ3n) is 3.93. The molecule has 120 valence electrons. The summed E-state index contributed by atoms with van der Waals surface area (Å²) in [5.41, 5.74) is -0.769. The number of nitrogens with zero attached hydrogens (tertiary/aromatic N) is 2. The van der Waals surface area contributed by atoms with E-state index >= 15 is 0 Å². The summed E-state index contributed by atoms with van der Waals surface area (Å²) >= 11 is 0. The highest BCUT2D eigenvalue weighted by atomic mass is 16.5. The number of likely N-dealkylation sites (N-methyl/N-ethyl adjacent to an activating group) is 1. The molecule has 0 bridgehead atoms. The minimum absolute atomic E-state index is 0.0735. The third-order valence-corrected chi connectivity index (χ3v) is 3.93. The van der Waals surface area contributed by atoms with Gasteiger partial charge in [0.1, 0.15) is 6.54 Å². The Morgan fingerprint density at radius 2 is 1.81 bits per heavy atom. The van der Waals surface area contributed by atoms with Crippen LogP contribution < -0.4 is 0 Å². The number of aliphatic carboxylic acids is 1. The van der Waals surface area contributed by atoms with Crippen LogP contribution in [0.2, 0.25) is 0 Å². The van der Waals surface area contributed by atoms with E-state index in [1.165, 1.54) is 4.90 Å². The first-order valence-corrected chi connectivity index (χ1v) is 7.27. The van der Waals surface area contributed by atoms with Crippen molar-refractivity contribution in [3.05, 3.63) is 0 Å². The minimum Gasteiger partial charge on any atom is -0.481 e. The lowest BCUT2D eigenvalue weighted by Crippen LogP contribution is -2.51. The normalized spacial score (nSPS) is 17.2. The first-order valence-electron chi connectivity index (χ1n) is 7.27. The Labute approximate surface area is 124 Å². The van der Waals surface area contributed by atoms with Gasteiger partial charge < -0.3 is 19.6 Å². The Balaban J connectivity index is 2.59. The van der Waals surface area contributed by atoms with Gasteiger partial charge in [-0.25, -0.2) is 4.79 Å². The number of amides is 2. The summed E-state index contributed by atoms with van der Waals surface area (Å²) in [4.78, 5) is 38.0. The number of carboxylic acid groups (broad SMARTS) is 1. The molecule has 0 saturated carbocycles. The molecule has 0 aromatic heterocycles. The van der Waals surface area contributed by atoms with Crippen LogP contribution in [0.5, 0.6) is 0 Å². The summed E-state index contributed by atoms with van der Waals surface area (Å²) in [6, 6.07) is -0.238. The van der Waals surface area contributed by atoms with Crippen LogP contribution in [0.1, 0.15) is 33.6 Å². The molecular weight excluding hydrogens is 276 g/mol. The Hall–Kier alpha value is -1.79. The molecule has 0 radical (unpaired) electrons. The second-order valence-electron chi connectivity index (χ2n) is 5.45. The van der Waals surface area contributed by atoms with Crippen LogP contribution in [0.25, 0.3) is 0 Å². The van der Waals surface area contributed by atoms with Crippen molar-refractivity contribution < 1.29 is 24.2 Å². The van der Waals surface area contributed by atoms with Gasteiger partial charge in [0, 0.05) is 19.6 Å². The fourth-order valence-corrected chi connectivity index (χ4v) is 2.28. The number of piperidine rings is 1. The van der Waals surface area contributed by atoms with E-state index in [9.17, 15) is 19.5 Å². The minimum atomic E-state index is -0.825. The Kier molecular flexibility index (Phi) is 5.99. The van der Waals surface area contributed by atoms with Gasteiger partial charge in [0.25, 0.3) is 0 Å². The summed E-state index contributed by atoms with van der Waals surface area (Å²) in [5, 5.41) is 9.18. The van der Waals surface area contributed by atoms with E-state index < -0.39 is 17.4 Å².